The minimum atomic E-state index is 0.401. The van der Waals surface area contributed by atoms with Gasteiger partial charge in [-0.2, -0.15) is 0 Å². The third-order valence-electron chi connectivity index (χ3n) is 3.52. The fraction of sp³-hybridized carbons (Fsp3) is 0.118. The van der Waals surface area contributed by atoms with E-state index in [1.807, 2.05) is 26.0 Å². The summed E-state index contributed by atoms with van der Waals surface area (Å²) in [6, 6.07) is 13.1. The first-order valence-electron chi connectivity index (χ1n) is 6.58. The van der Waals surface area contributed by atoms with Gasteiger partial charge in [0.15, 0.2) is 11.5 Å². The lowest BCUT2D eigenvalue weighted by atomic mass is 10.0. The number of rotatable bonds is 2. The van der Waals surface area contributed by atoms with E-state index < -0.39 is 0 Å². The maximum absolute atomic E-state index is 9.40. The Morgan fingerprint density at radius 2 is 1.81 bits per heavy atom. The molecule has 21 heavy (non-hydrogen) atoms. The third kappa shape index (κ3) is 2.41. The second-order valence-corrected chi connectivity index (χ2v) is 5.45. The number of furan rings is 1. The largest absolute Gasteiger partial charge is 0.454 e. The van der Waals surface area contributed by atoms with Crippen molar-refractivity contribution < 1.29 is 9.62 Å². The van der Waals surface area contributed by atoms with E-state index in [0.29, 0.717) is 16.5 Å². The summed E-state index contributed by atoms with van der Waals surface area (Å²) in [4.78, 5) is 0. The SMILES string of the molecule is Cc1ccc2oc(/C(=N/O)c3ccc(Cl)cc3)c(C)c2c1. The Morgan fingerprint density at radius 1 is 1.10 bits per heavy atom. The summed E-state index contributed by atoms with van der Waals surface area (Å²) in [5, 5.41) is 14.5. The fourth-order valence-electron chi connectivity index (χ4n) is 2.40. The van der Waals surface area contributed by atoms with Crippen LogP contribution in [0.15, 0.2) is 52.0 Å². The molecule has 1 N–H and O–H groups in total. The van der Waals surface area contributed by atoms with Crippen molar-refractivity contribution in [1.29, 1.82) is 0 Å². The van der Waals surface area contributed by atoms with Crippen molar-refractivity contribution in [2.75, 3.05) is 0 Å². The van der Waals surface area contributed by atoms with E-state index in [1.165, 1.54) is 0 Å². The first-order valence-corrected chi connectivity index (χ1v) is 6.96. The highest BCUT2D eigenvalue weighted by atomic mass is 35.5. The van der Waals surface area contributed by atoms with Crippen LogP contribution in [0.1, 0.15) is 22.5 Å². The minimum absolute atomic E-state index is 0.401. The predicted molar refractivity (Wildman–Crippen MR) is 84.6 cm³/mol. The number of aryl methyl sites for hydroxylation is 2. The lowest BCUT2D eigenvalue weighted by molar-refractivity contribution is 0.318. The van der Waals surface area contributed by atoms with Gasteiger partial charge in [0.2, 0.25) is 0 Å². The molecule has 0 radical (unpaired) electrons. The van der Waals surface area contributed by atoms with Crippen LogP contribution < -0.4 is 0 Å². The molecule has 1 heterocycles. The molecule has 0 spiro atoms. The smallest absolute Gasteiger partial charge is 0.160 e. The second-order valence-electron chi connectivity index (χ2n) is 5.01. The Labute approximate surface area is 127 Å². The minimum Gasteiger partial charge on any atom is -0.454 e. The average molecular weight is 300 g/mol. The van der Waals surface area contributed by atoms with Gasteiger partial charge >= 0.3 is 0 Å². The molecule has 3 nitrogen and oxygen atoms in total. The van der Waals surface area contributed by atoms with E-state index in [-0.39, 0.29) is 0 Å². The van der Waals surface area contributed by atoms with Crippen molar-refractivity contribution in [3.63, 3.8) is 0 Å². The molecule has 0 aliphatic heterocycles. The molecule has 3 rings (SSSR count). The first kappa shape index (κ1) is 13.7. The highest BCUT2D eigenvalue weighted by Gasteiger charge is 2.18. The van der Waals surface area contributed by atoms with Gasteiger partial charge in [-0.25, -0.2) is 0 Å². The van der Waals surface area contributed by atoms with Gasteiger partial charge in [-0.3, -0.25) is 0 Å². The molecule has 0 bridgehead atoms. The Kier molecular flexibility index (Phi) is 3.43. The molecule has 0 aliphatic carbocycles. The van der Waals surface area contributed by atoms with E-state index >= 15 is 0 Å². The van der Waals surface area contributed by atoms with Crippen LogP contribution in [0.4, 0.5) is 0 Å². The molecule has 0 aliphatic rings. The van der Waals surface area contributed by atoms with E-state index in [9.17, 15) is 5.21 Å². The van der Waals surface area contributed by atoms with Gasteiger partial charge in [-0.15, -0.1) is 0 Å². The van der Waals surface area contributed by atoms with Gasteiger partial charge < -0.3 is 9.62 Å². The molecule has 4 heteroatoms. The van der Waals surface area contributed by atoms with Crippen molar-refractivity contribution in [3.8, 4) is 0 Å². The molecule has 2 aromatic carbocycles. The van der Waals surface area contributed by atoms with E-state index in [1.54, 1.807) is 24.3 Å². The van der Waals surface area contributed by atoms with Crippen LogP contribution in [0.2, 0.25) is 5.02 Å². The molecule has 0 amide bonds. The number of fused-ring (bicyclic) bond motifs is 1. The van der Waals surface area contributed by atoms with Gasteiger partial charge in [0.05, 0.1) is 0 Å². The van der Waals surface area contributed by atoms with Crippen molar-refractivity contribution in [2.45, 2.75) is 13.8 Å². The summed E-state index contributed by atoms with van der Waals surface area (Å²) in [6.45, 7) is 3.99. The molecule has 0 saturated carbocycles. The first-order chi connectivity index (χ1) is 10.1. The molecular formula is C17H14ClNO2. The molecule has 106 valence electrons. The summed E-state index contributed by atoms with van der Waals surface area (Å²) in [6.07, 6.45) is 0. The third-order valence-corrected chi connectivity index (χ3v) is 3.78. The lowest BCUT2D eigenvalue weighted by Gasteiger charge is -2.03. The number of benzene rings is 2. The standard InChI is InChI=1S/C17H14ClNO2/c1-10-3-8-15-14(9-10)11(2)17(21-15)16(19-20)12-4-6-13(18)7-5-12/h3-9,20H,1-2H3/b19-16+. The van der Waals surface area contributed by atoms with Crippen LogP contribution in [-0.2, 0) is 0 Å². The van der Waals surface area contributed by atoms with Crippen LogP contribution >= 0.6 is 11.6 Å². The van der Waals surface area contributed by atoms with Crippen molar-refractivity contribution in [2.24, 2.45) is 5.16 Å². The highest BCUT2D eigenvalue weighted by Crippen LogP contribution is 2.28. The van der Waals surface area contributed by atoms with Crippen molar-refractivity contribution in [1.82, 2.24) is 0 Å². The Morgan fingerprint density at radius 3 is 2.48 bits per heavy atom. The normalized spacial score (nSPS) is 12.0. The number of nitrogens with zero attached hydrogens (tertiary/aromatic N) is 1. The summed E-state index contributed by atoms with van der Waals surface area (Å²) in [5.41, 5.74) is 4.05. The Hall–Kier alpha value is -2.26. The Balaban J connectivity index is 2.18. The zero-order valence-corrected chi connectivity index (χ0v) is 12.5. The lowest BCUT2D eigenvalue weighted by Crippen LogP contribution is -2.03. The number of hydrogen-bond donors (Lipinski definition) is 1. The maximum atomic E-state index is 9.40. The van der Waals surface area contributed by atoms with Gasteiger partial charge in [0.1, 0.15) is 5.58 Å². The van der Waals surface area contributed by atoms with Gasteiger partial charge in [0, 0.05) is 21.5 Å². The summed E-state index contributed by atoms with van der Waals surface area (Å²) >= 11 is 5.89. The number of oxime groups is 1. The highest BCUT2D eigenvalue weighted by molar-refractivity contribution is 6.30. The van der Waals surface area contributed by atoms with Gasteiger partial charge in [-0.1, -0.05) is 40.5 Å². The predicted octanol–water partition coefficient (Wildman–Crippen LogP) is 4.93. The van der Waals surface area contributed by atoms with Gasteiger partial charge in [0.25, 0.3) is 0 Å². The zero-order chi connectivity index (χ0) is 15.0. The van der Waals surface area contributed by atoms with Crippen LogP contribution in [0.5, 0.6) is 0 Å². The zero-order valence-electron chi connectivity index (χ0n) is 11.7. The average Bonchev–Trinajstić information content (AvgIpc) is 2.79. The molecule has 0 unspecified atom stereocenters. The van der Waals surface area contributed by atoms with E-state index in [4.69, 9.17) is 16.0 Å². The fourth-order valence-corrected chi connectivity index (χ4v) is 2.53. The van der Waals surface area contributed by atoms with Gasteiger partial charge in [-0.05, 0) is 38.1 Å². The van der Waals surface area contributed by atoms with Crippen molar-refractivity contribution in [3.05, 3.63) is 69.9 Å². The summed E-state index contributed by atoms with van der Waals surface area (Å²) < 4.78 is 5.87. The number of halogens is 1. The van der Waals surface area contributed by atoms with Crippen LogP contribution in [0, 0.1) is 13.8 Å². The monoisotopic (exact) mass is 299 g/mol. The molecule has 0 atom stereocenters. The van der Waals surface area contributed by atoms with Crippen LogP contribution in [-0.4, -0.2) is 10.9 Å². The summed E-state index contributed by atoms with van der Waals surface area (Å²) in [7, 11) is 0. The van der Waals surface area contributed by atoms with Crippen molar-refractivity contribution >= 4 is 28.3 Å². The van der Waals surface area contributed by atoms with E-state index in [2.05, 4.69) is 11.2 Å². The van der Waals surface area contributed by atoms with Crippen LogP contribution in [0.3, 0.4) is 0 Å². The summed E-state index contributed by atoms with van der Waals surface area (Å²) in [5.74, 6) is 0.570. The quantitative estimate of drug-likeness (QED) is 0.414. The maximum Gasteiger partial charge on any atom is 0.160 e. The molecular weight excluding hydrogens is 286 g/mol. The molecule has 0 fully saturated rings. The molecule has 3 aromatic rings. The second kappa shape index (κ2) is 5.26. The number of hydrogen-bond acceptors (Lipinski definition) is 3. The molecule has 1 aromatic heterocycles. The van der Waals surface area contributed by atoms with Crippen LogP contribution in [0.25, 0.3) is 11.0 Å². The Bertz CT molecular complexity index is 832. The topological polar surface area (TPSA) is 45.7 Å². The molecule has 0 saturated heterocycles. The van der Waals surface area contributed by atoms with E-state index in [0.717, 1.165) is 27.7 Å².